The highest BCUT2D eigenvalue weighted by Crippen LogP contribution is 2.13. The van der Waals surface area contributed by atoms with E-state index in [9.17, 15) is 4.79 Å². The van der Waals surface area contributed by atoms with Gasteiger partial charge in [0.15, 0.2) is 5.78 Å². The van der Waals surface area contributed by atoms with Gasteiger partial charge in [-0.05, 0) is 5.92 Å². The highest BCUT2D eigenvalue weighted by atomic mass is 16.1. The summed E-state index contributed by atoms with van der Waals surface area (Å²) in [5.41, 5.74) is 1.58. The minimum Gasteiger partial charge on any atom is -0.344 e. The van der Waals surface area contributed by atoms with Crippen molar-refractivity contribution in [1.29, 1.82) is 0 Å². The number of fused-ring (bicyclic) bond motifs is 1. The van der Waals surface area contributed by atoms with Gasteiger partial charge >= 0.3 is 0 Å². The van der Waals surface area contributed by atoms with Crippen molar-refractivity contribution in [3.8, 4) is 0 Å². The molecule has 0 spiro atoms. The van der Waals surface area contributed by atoms with Crippen molar-refractivity contribution >= 4 is 5.78 Å². The van der Waals surface area contributed by atoms with Crippen LogP contribution in [0.15, 0.2) is 0 Å². The van der Waals surface area contributed by atoms with Crippen molar-refractivity contribution in [3.63, 3.8) is 0 Å². The fourth-order valence-electron chi connectivity index (χ4n) is 1.69. The van der Waals surface area contributed by atoms with Crippen molar-refractivity contribution in [2.45, 2.75) is 26.8 Å². The molecule has 0 saturated heterocycles. The summed E-state index contributed by atoms with van der Waals surface area (Å²) in [6, 6.07) is 0. The molecule has 76 valence electrons. The number of nitrogens with zero attached hydrogens (tertiary/aromatic N) is 1. The largest absolute Gasteiger partial charge is 0.344 e. The second kappa shape index (κ2) is 3.53. The molecule has 0 bridgehead atoms. The van der Waals surface area contributed by atoms with Crippen LogP contribution in [0.4, 0.5) is 0 Å². The van der Waals surface area contributed by atoms with Crippen molar-refractivity contribution < 1.29 is 4.79 Å². The van der Waals surface area contributed by atoms with Crippen molar-refractivity contribution in [3.05, 3.63) is 17.2 Å². The van der Waals surface area contributed by atoms with E-state index in [2.05, 4.69) is 29.1 Å². The Bertz CT molecular complexity index is 354. The van der Waals surface area contributed by atoms with Gasteiger partial charge in [0, 0.05) is 13.0 Å². The van der Waals surface area contributed by atoms with Crippen LogP contribution in [0.25, 0.3) is 0 Å². The topological polar surface area (TPSA) is 57.8 Å². The number of hydrogen-bond donors (Lipinski definition) is 2. The first-order valence-electron chi connectivity index (χ1n) is 4.98. The van der Waals surface area contributed by atoms with Crippen LogP contribution in [0.3, 0.4) is 0 Å². The minimum atomic E-state index is 0.0949. The minimum absolute atomic E-state index is 0.0949. The van der Waals surface area contributed by atoms with Crippen LogP contribution in [0.2, 0.25) is 0 Å². The van der Waals surface area contributed by atoms with Gasteiger partial charge in [-0.3, -0.25) is 4.79 Å². The van der Waals surface area contributed by atoms with Crippen LogP contribution < -0.4 is 5.32 Å². The van der Waals surface area contributed by atoms with Crippen LogP contribution in [-0.4, -0.2) is 22.3 Å². The van der Waals surface area contributed by atoms with Crippen molar-refractivity contribution in [2.24, 2.45) is 5.92 Å². The number of Topliss-reactive ketones (excluding diaryl/α,β-unsaturated/α-hetero) is 1. The molecular weight excluding hydrogens is 178 g/mol. The summed E-state index contributed by atoms with van der Waals surface area (Å²) in [6.07, 6.45) is 0.903. The summed E-state index contributed by atoms with van der Waals surface area (Å²) in [5.74, 6) is 1.59. The zero-order valence-electron chi connectivity index (χ0n) is 8.55. The Balaban J connectivity index is 2.26. The van der Waals surface area contributed by atoms with Crippen LogP contribution >= 0.6 is 0 Å². The van der Waals surface area contributed by atoms with Crippen LogP contribution in [0.5, 0.6) is 0 Å². The van der Waals surface area contributed by atoms with Gasteiger partial charge in [-0.15, -0.1) is 0 Å². The molecule has 2 heterocycles. The van der Waals surface area contributed by atoms with Crippen LogP contribution in [-0.2, 0) is 13.0 Å². The number of rotatable bonds is 2. The van der Waals surface area contributed by atoms with E-state index < -0.39 is 0 Å². The summed E-state index contributed by atoms with van der Waals surface area (Å²) >= 11 is 0. The molecule has 4 nitrogen and oxygen atoms in total. The fourth-order valence-corrected chi connectivity index (χ4v) is 1.69. The molecule has 0 amide bonds. The number of imidazole rings is 1. The Labute approximate surface area is 83.1 Å². The molecule has 0 aliphatic carbocycles. The summed E-state index contributed by atoms with van der Waals surface area (Å²) in [4.78, 5) is 19.0. The number of carbonyl (C=O) groups is 1. The number of nitrogens with one attached hydrogen (secondary N) is 2. The van der Waals surface area contributed by atoms with Gasteiger partial charge in [0.1, 0.15) is 11.5 Å². The molecule has 1 aliphatic rings. The van der Waals surface area contributed by atoms with Crippen molar-refractivity contribution in [1.82, 2.24) is 15.3 Å². The molecule has 0 radical (unpaired) electrons. The Kier molecular flexibility index (Phi) is 2.37. The zero-order chi connectivity index (χ0) is 10.1. The van der Waals surface area contributed by atoms with Gasteiger partial charge < -0.3 is 10.3 Å². The smallest absolute Gasteiger partial charge is 0.196 e. The lowest BCUT2D eigenvalue weighted by Gasteiger charge is -2.08. The number of H-pyrrole nitrogens is 1. The molecule has 2 N–H and O–H groups in total. The molecule has 1 aromatic heterocycles. The number of hydrogen-bond acceptors (Lipinski definition) is 3. The molecule has 0 fully saturated rings. The third-order valence-electron chi connectivity index (χ3n) is 2.28. The van der Waals surface area contributed by atoms with E-state index in [4.69, 9.17) is 0 Å². The molecule has 14 heavy (non-hydrogen) atoms. The maximum absolute atomic E-state index is 11.4. The Morgan fingerprint density at radius 3 is 2.86 bits per heavy atom. The summed E-state index contributed by atoms with van der Waals surface area (Å²) in [5, 5.41) is 3.04. The van der Waals surface area contributed by atoms with Crippen LogP contribution in [0.1, 0.15) is 35.9 Å². The lowest BCUT2D eigenvalue weighted by atomic mass is 10.1. The van der Waals surface area contributed by atoms with Gasteiger partial charge in [-0.25, -0.2) is 4.98 Å². The zero-order valence-corrected chi connectivity index (χ0v) is 8.55. The van der Waals surface area contributed by atoms with Gasteiger partial charge in [0.05, 0.1) is 12.2 Å². The average Bonchev–Trinajstić information content (AvgIpc) is 2.47. The molecule has 0 aromatic carbocycles. The molecule has 4 heteroatoms. The number of carbonyl (C=O) groups excluding carboxylic acids is 1. The van der Waals surface area contributed by atoms with E-state index in [1.165, 1.54) is 0 Å². The maximum Gasteiger partial charge on any atom is 0.196 e. The molecule has 0 atom stereocenters. The van der Waals surface area contributed by atoms with Crippen LogP contribution in [0, 0.1) is 5.92 Å². The van der Waals surface area contributed by atoms with Gasteiger partial charge in [-0.1, -0.05) is 13.8 Å². The summed E-state index contributed by atoms with van der Waals surface area (Å²) < 4.78 is 0. The molecule has 0 unspecified atom stereocenters. The third-order valence-corrected chi connectivity index (χ3v) is 2.28. The van der Waals surface area contributed by atoms with Gasteiger partial charge in [0.25, 0.3) is 0 Å². The van der Waals surface area contributed by atoms with E-state index in [1.807, 2.05) is 0 Å². The quantitative estimate of drug-likeness (QED) is 0.733. The second-order valence-electron chi connectivity index (χ2n) is 4.14. The van der Waals surface area contributed by atoms with E-state index >= 15 is 0 Å². The second-order valence-corrected chi connectivity index (χ2v) is 4.14. The average molecular weight is 193 g/mol. The van der Waals surface area contributed by atoms with E-state index in [0.29, 0.717) is 18.2 Å². The van der Waals surface area contributed by atoms with Gasteiger partial charge in [-0.2, -0.15) is 0 Å². The monoisotopic (exact) mass is 193 g/mol. The molecule has 2 rings (SSSR count). The highest BCUT2D eigenvalue weighted by Gasteiger charge is 2.21. The normalized spacial score (nSPS) is 16.1. The van der Waals surface area contributed by atoms with E-state index in [-0.39, 0.29) is 5.78 Å². The first-order chi connectivity index (χ1) is 6.66. The first-order valence-corrected chi connectivity index (χ1v) is 4.98. The maximum atomic E-state index is 11.4. The Morgan fingerprint density at radius 1 is 1.43 bits per heavy atom. The molecule has 1 aliphatic heterocycles. The molecule has 0 saturated carbocycles. The lowest BCUT2D eigenvalue weighted by Crippen LogP contribution is -2.29. The number of aromatic amines is 1. The Hall–Kier alpha value is -1.16. The number of ketones is 1. The fraction of sp³-hybridized carbons (Fsp3) is 0.600. The van der Waals surface area contributed by atoms with Crippen molar-refractivity contribution in [2.75, 3.05) is 6.54 Å². The number of aromatic nitrogens is 2. The summed E-state index contributed by atoms with van der Waals surface area (Å²) in [7, 11) is 0. The standard InChI is InChI=1S/C10H15N3O/c1-6(2)3-9-12-7-4-11-5-8(14)10(7)13-9/h6,11H,3-5H2,1-2H3,(H,12,13). The van der Waals surface area contributed by atoms with E-state index in [1.54, 1.807) is 0 Å². The lowest BCUT2D eigenvalue weighted by molar-refractivity contribution is 0.0977. The summed E-state index contributed by atoms with van der Waals surface area (Å²) in [6.45, 7) is 5.42. The predicted molar refractivity (Wildman–Crippen MR) is 53.2 cm³/mol. The van der Waals surface area contributed by atoms with E-state index in [0.717, 1.165) is 24.5 Å². The third kappa shape index (κ3) is 1.70. The first kappa shape index (κ1) is 9.40. The molecular formula is C10H15N3O. The van der Waals surface area contributed by atoms with Gasteiger partial charge in [0.2, 0.25) is 0 Å². The SMILES string of the molecule is CC(C)Cc1nc2c([nH]1)CNCC2=O. The predicted octanol–water partition coefficient (Wildman–Crippen LogP) is 0.894. The molecule has 1 aromatic rings. The highest BCUT2D eigenvalue weighted by molar-refractivity contribution is 5.97. The Morgan fingerprint density at radius 2 is 2.21 bits per heavy atom.